The molecule has 0 aromatic heterocycles. The molecule has 1 aromatic rings. The zero-order valence-electron chi connectivity index (χ0n) is 12.9. The summed E-state index contributed by atoms with van der Waals surface area (Å²) < 4.78 is 0. The van der Waals surface area contributed by atoms with Crippen LogP contribution in [0.1, 0.15) is 18.4 Å². The number of rotatable bonds is 4. The highest BCUT2D eigenvalue weighted by molar-refractivity contribution is 7.99. The van der Waals surface area contributed by atoms with Gasteiger partial charge in [0.15, 0.2) is 0 Å². The summed E-state index contributed by atoms with van der Waals surface area (Å²) in [6.45, 7) is 2.92. The van der Waals surface area contributed by atoms with Gasteiger partial charge in [0.25, 0.3) is 0 Å². The predicted octanol–water partition coefficient (Wildman–Crippen LogP) is 2.59. The third-order valence-electron chi connectivity index (χ3n) is 4.43. The summed E-state index contributed by atoms with van der Waals surface area (Å²) in [6.07, 6.45) is 2.92. The van der Waals surface area contributed by atoms with Gasteiger partial charge in [-0.05, 0) is 24.3 Å². The molecule has 2 heterocycles. The molecule has 2 aliphatic heterocycles. The van der Waals surface area contributed by atoms with E-state index in [0.29, 0.717) is 24.3 Å². The van der Waals surface area contributed by atoms with Crippen molar-refractivity contribution in [2.75, 3.05) is 31.1 Å². The first-order chi connectivity index (χ1) is 10.3. The molecule has 2 unspecified atom stereocenters. The molecule has 3 nitrogen and oxygen atoms in total. The van der Waals surface area contributed by atoms with Crippen LogP contribution in [-0.4, -0.2) is 48.0 Å². The van der Waals surface area contributed by atoms with E-state index in [1.54, 1.807) is 0 Å². The highest BCUT2D eigenvalue weighted by Gasteiger charge is 2.28. The number of nitrogens with zero attached hydrogens (tertiary/aromatic N) is 1. The van der Waals surface area contributed by atoms with Crippen LogP contribution in [0.25, 0.3) is 0 Å². The normalized spacial score (nSPS) is 24.8. The minimum absolute atomic E-state index is 0. The van der Waals surface area contributed by atoms with Crippen molar-refractivity contribution in [3.05, 3.63) is 35.9 Å². The molecular weight excluding hydrogens is 316 g/mol. The highest BCUT2D eigenvalue weighted by Crippen LogP contribution is 2.22. The second-order valence-corrected chi connectivity index (χ2v) is 7.26. The Morgan fingerprint density at radius 3 is 2.86 bits per heavy atom. The fourth-order valence-electron chi connectivity index (χ4n) is 3.26. The molecule has 0 saturated carbocycles. The van der Waals surface area contributed by atoms with Gasteiger partial charge in [-0.2, -0.15) is 11.8 Å². The third-order valence-corrected chi connectivity index (χ3v) is 5.56. The first-order valence-corrected chi connectivity index (χ1v) is 9.09. The summed E-state index contributed by atoms with van der Waals surface area (Å²) in [6, 6.07) is 11.0. The van der Waals surface area contributed by atoms with Crippen LogP contribution in [0.15, 0.2) is 30.3 Å². The average Bonchev–Trinajstić information content (AvgIpc) is 2.98. The lowest BCUT2D eigenvalue weighted by molar-refractivity contribution is -0.130. The molecular formula is C17H25ClN2OS. The van der Waals surface area contributed by atoms with E-state index in [-0.39, 0.29) is 12.4 Å². The summed E-state index contributed by atoms with van der Waals surface area (Å²) in [4.78, 5) is 14.5. The Morgan fingerprint density at radius 1 is 1.32 bits per heavy atom. The predicted molar refractivity (Wildman–Crippen MR) is 95.8 cm³/mol. The molecule has 0 aliphatic carbocycles. The van der Waals surface area contributed by atoms with Gasteiger partial charge in [-0.3, -0.25) is 4.79 Å². The summed E-state index contributed by atoms with van der Waals surface area (Å²) in [5, 5.41) is 3.46. The van der Waals surface area contributed by atoms with Crippen LogP contribution in [0.3, 0.4) is 0 Å². The lowest BCUT2D eigenvalue weighted by atomic mass is 9.99. The third kappa shape index (κ3) is 4.90. The lowest BCUT2D eigenvalue weighted by Gasteiger charge is -2.25. The van der Waals surface area contributed by atoms with Crippen LogP contribution in [0, 0.1) is 5.92 Å². The fraction of sp³-hybridized carbons (Fsp3) is 0.588. The second-order valence-electron chi connectivity index (χ2n) is 6.11. The molecule has 2 saturated heterocycles. The summed E-state index contributed by atoms with van der Waals surface area (Å²) in [5.41, 5.74) is 1.39. The topological polar surface area (TPSA) is 32.3 Å². The number of likely N-dealkylation sites (tertiary alicyclic amines) is 1. The lowest BCUT2D eigenvalue weighted by Crippen LogP contribution is -2.42. The minimum Gasteiger partial charge on any atom is -0.342 e. The average molecular weight is 341 g/mol. The maximum atomic E-state index is 12.4. The van der Waals surface area contributed by atoms with Crippen molar-refractivity contribution < 1.29 is 4.79 Å². The highest BCUT2D eigenvalue weighted by atomic mass is 35.5. The molecule has 0 bridgehead atoms. The van der Waals surface area contributed by atoms with Gasteiger partial charge in [0.2, 0.25) is 5.91 Å². The molecule has 2 fully saturated rings. The van der Waals surface area contributed by atoms with Crippen molar-refractivity contribution in [2.24, 2.45) is 5.92 Å². The Bertz CT molecular complexity index is 465. The van der Waals surface area contributed by atoms with Crippen molar-refractivity contribution in [2.45, 2.75) is 25.3 Å². The van der Waals surface area contributed by atoms with E-state index in [9.17, 15) is 4.79 Å². The number of nitrogens with one attached hydrogen (secondary N) is 1. The number of hydrogen-bond donors (Lipinski definition) is 1. The van der Waals surface area contributed by atoms with E-state index in [2.05, 4.69) is 40.5 Å². The molecule has 1 aromatic carbocycles. The monoisotopic (exact) mass is 340 g/mol. The standard InChI is InChI=1S/C17H24N2OS.ClH/c20-17(11-16-13-21-9-7-18-16)19-8-6-15(12-19)10-14-4-2-1-3-5-14;/h1-5,15-16,18H,6-13H2;1H. The van der Waals surface area contributed by atoms with Crippen LogP contribution in [0.2, 0.25) is 0 Å². The van der Waals surface area contributed by atoms with E-state index in [0.717, 1.165) is 38.2 Å². The van der Waals surface area contributed by atoms with E-state index >= 15 is 0 Å². The van der Waals surface area contributed by atoms with Crippen molar-refractivity contribution >= 4 is 30.1 Å². The Hall–Kier alpha value is -0.710. The number of thioether (sulfide) groups is 1. The number of carbonyl (C=O) groups is 1. The molecule has 2 aliphatic rings. The Kier molecular flexibility index (Phi) is 7.06. The van der Waals surface area contributed by atoms with Gasteiger partial charge >= 0.3 is 0 Å². The SMILES string of the molecule is Cl.O=C(CC1CSCCN1)N1CCC(Cc2ccccc2)C1. The number of amides is 1. The number of carbonyl (C=O) groups excluding carboxylic acids is 1. The minimum atomic E-state index is 0. The van der Waals surface area contributed by atoms with Crippen molar-refractivity contribution in [3.63, 3.8) is 0 Å². The number of halogens is 1. The second kappa shape index (κ2) is 8.80. The Morgan fingerprint density at radius 2 is 2.14 bits per heavy atom. The maximum absolute atomic E-state index is 12.4. The van der Waals surface area contributed by atoms with Gasteiger partial charge in [-0.15, -0.1) is 12.4 Å². The molecule has 1 N–H and O–H groups in total. The van der Waals surface area contributed by atoms with Gasteiger partial charge in [-0.1, -0.05) is 30.3 Å². The molecule has 122 valence electrons. The van der Waals surface area contributed by atoms with Crippen molar-refractivity contribution in [3.8, 4) is 0 Å². The summed E-state index contributed by atoms with van der Waals surface area (Å²) in [5.74, 6) is 3.22. The van der Waals surface area contributed by atoms with E-state index in [1.807, 2.05) is 11.8 Å². The van der Waals surface area contributed by atoms with Crippen LogP contribution in [0.5, 0.6) is 0 Å². The van der Waals surface area contributed by atoms with Crippen LogP contribution < -0.4 is 5.32 Å². The summed E-state index contributed by atoms with van der Waals surface area (Å²) in [7, 11) is 0. The van der Waals surface area contributed by atoms with Crippen LogP contribution >= 0.6 is 24.2 Å². The smallest absolute Gasteiger partial charge is 0.224 e. The van der Waals surface area contributed by atoms with E-state index in [4.69, 9.17) is 0 Å². The Labute approximate surface area is 143 Å². The van der Waals surface area contributed by atoms with Crippen molar-refractivity contribution in [1.82, 2.24) is 10.2 Å². The van der Waals surface area contributed by atoms with Crippen LogP contribution in [-0.2, 0) is 11.2 Å². The molecule has 3 rings (SSSR count). The van der Waals surface area contributed by atoms with E-state index in [1.165, 1.54) is 11.3 Å². The molecule has 22 heavy (non-hydrogen) atoms. The van der Waals surface area contributed by atoms with Gasteiger partial charge in [0.05, 0.1) is 0 Å². The molecule has 5 heteroatoms. The van der Waals surface area contributed by atoms with Crippen molar-refractivity contribution in [1.29, 1.82) is 0 Å². The maximum Gasteiger partial charge on any atom is 0.224 e. The molecule has 0 radical (unpaired) electrons. The number of hydrogen-bond acceptors (Lipinski definition) is 3. The zero-order chi connectivity index (χ0) is 14.5. The first-order valence-electron chi connectivity index (χ1n) is 7.94. The fourth-order valence-corrected chi connectivity index (χ4v) is 4.21. The largest absolute Gasteiger partial charge is 0.342 e. The molecule has 2 atom stereocenters. The number of benzene rings is 1. The van der Waals surface area contributed by atoms with Gasteiger partial charge < -0.3 is 10.2 Å². The zero-order valence-corrected chi connectivity index (χ0v) is 14.5. The Balaban J connectivity index is 0.00000176. The van der Waals surface area contributed by atoms with Gasteiger partial charge in [0, 0.05) is 43.6 Å². The van der Waals surface area contributed by atoms with E-state index < -0.39 is 0 Å². The quantitative estimate of drug-likeness (QED) is 0.914. The first kappa shape index (κ1) is 17.6. The molecule has 1 amide bonds. The van der Waals surface area contributed by atoms with Gasteiger partial charge in [-0.25, -0.2) is 0 Å². The molecule has 0 spiro atoms. The van der Waals surface area contributed by atoms with Crippen LogP contribution in [0.4, 0.5) is 0 Å². The van der Waals surface area contributed by atoms with Gasteiger partial charge in [0.1, 0.15) is 0 Å². The summed E-state index contributed by atoms with van der Waals surface area (Å²) >= 11 is 1.96.